The van der Waals surface area contributed by atoms with Crippen molar-refractivity contribution >= 4 is 16.8 Å². The van der Waals surface area contributed by atoms with E-state index in [-0.39, 0.29) is 5.78 Å². The van der Waals surface area contributed by atoms with Crippen molar-refractivity contribution in [3.05, 3.63) is 97.1 Å². The number of aryl methyl sites for hydroxylation is 1. The summed E-state index contributed by atoms with van der Waals surface area (Å²) in [6.07, 6.45) is 7.77. The number of unbranched alkanes of at least 4 members (excludes halogenated alkanes) is 1. The van der Waals surface area contributed by atoms with E-state index in [1.807, 2.05) is 90.5 Å². The third-order valence-corrected chi connectivity index (χ3v) is 6.08. The number of imidazole rings is 1. The molecule has 6 heteroatoms. The molecule has 0 aliphatic rings. The summed E-state index contributed by atoms with van der Waals surface area (Å²) in [5, 5.41) is 0. The first kappa shape index (κ1) is 23.4. The minimum Gasteiger partial charge on any atom is -0.494 e. The number of nitrogens with zero attached hydrogens (tertiary/aromatic N) is 4. The first-order valence-corrected chi connectivity index (χ1v) is 12.3. The Kier molecular flexibility index (Phi) is 7.12. The van der Waals surface area contributed by atoms with Gasteiger partial charge in [-0.05, 0) is 50.1 Å². The maximum absolute atomic E-state index is 12.9. The molecule has 5 aromatic rings. The number of hydrogen-bond donors (Lipinski definition) is 0. The van der Waals surface area contributed by atoms with Gasteiger partial charge in [-0.15, -0.1) is 0 Å². The predicted molar refractivity (Wildman–Crippen MR) is 142 cm³/mol. The van der Waals surface area contributed by atoms with Crippen LogP contribution in [0.4, 0.5) is 0 Å². The highest BCUT2D eigenvalue weighted by Gasteiger charge is 2.15. The third-order valence-electron chi connectivity index (χ3n) is 6.08. The molecule has 36 heavy (non-hydrogen) atoms. The van der Waals surface area contributed by atoms with Gasteiger partial charge < -0.3 is 9.30 Å². The van der Waals surface area contributed by atoms with E-state index in [2.05, 4.69) is 4.98 Å². The number of fused-ring (bicyclic) bond motifs is 1. The zero-order chi connectivity index (χ0) is 24.7. The van der Waals surface area contributed by atoms with E-state index in [0.717, 1.165) is 53.2 Å². The Morgan fingerprint density at radius 2 is 1.67 bits per heavy atom. The zero-order valence-electron chi connectivity index (χ0n) is 20.3. The molecule has 0 saturated heterocycles. The average Bonchev–Trinajstić information content (AvgIpc) is 3.44. The Bertz CT molecular complexity index is 1460. The van der Waals surface area contributed by atoms with Gasteiger partial charge in [0, 0.05) is 42.0 Å². The lowest BCUT2D eigenvalue weighted by molar-refractivity contribution is 0.0979. The van der Waals surface area contributed by atoms with Crippen molar-refractivity contribution in [1.82, 2.24) is 19.5 Å². The summed E-state index contributed by atoms with van der Waals surface area (Å²) in [4.78, 5) is 27.0. The predicted octanol–water partition coefficient (Wildman–Crippen LogP) is 6.61. The highest BCUT2D eigenvalue weighted by Crippen LogP contribution is 2.33. The Hall–Kier alpha value is -4.32. The van der Waals surface area contributed by atoms with E-state index in [0.29, 0.717) is 24.1 Å². The van der Waals surface area contributed by atoms with E-state index in [4.69, 9.17) is 14.7 Å². The smallest absolute Gasteiger partial charge is 0.162 e. The van der Waals surface area contributed by atoms with Gasteiger partial charge in [-0.1, -0.05) is 42.5 Å². The molecule has 0 spiro atoms. The molecular formula is C30H28N4O2. The molecule has 180 valence electrons. The molecule has 0 aliphatic carbocycles. The Morgan fingerprint density at radius 1 is 0.861 bits per heavy atom. The van der Waals surface area contributed by atoms with E-state index < -0.39 is 0 Å². The van der Waals surface area contributed by atoms with Crippen molar-refractivity contribution in [1.29, 1.82) is 0 Å². The topological polar surface area (TPSA) is 69.9 Å². The molecule has 5 rings (SSSR count). The van der Waals surface area contributed by atoms with Crippen LogP contribution in [0.2, 0.25) is 0 Å². The second-order valence-electron chi connectivity index (χ2n) is 8.63. The number of carbonyl (C=O) groups is 1. The van der Waals surface area contributed by atoms with E-state index >= 15 is 0 Å². The van der Waals surface area contributed by atoms with Crippen LogP contribution in [0.1, 0.15) is 36.5 Å². The molecule has 0 radical (unpaired) electrons. The van der Waals surface area contributed by atoms with E-state index in [1.54, 1.807) is 12.5 Å². The summed E-state index contributed by atoms with van der Waals surface area (Å²) >= 11 is 0. The Labute approximate surface area is 210 Å². The number of ketones is 1. The molecule has 0 atom stereocenters. The first-order valence-electron chi connectivity index (χ1n) is 12.3. The van der Waals surface area contributed by atoms with Crippen molar-refractivity contribution in [2.45, 2.75) is 32.7 Å². The van der Waals surface area contributed by atoms with Gasteiger partial charge in [0.05, 0.1) is 35.4 Å². The Balaban J connectivity index is 1.45. The molecule has 0 aliphatic heterocycles. The maximum atomic E-state index is 12.9. The lowest BCUT2D eigenvalue weighted by Gasteiger charge is -2.12. The SMILES string of the molecule is CCOc1cccc(-c2nc3ccc(C(=O)CCCCn4ccnc4)cc3nc2-c2ccccc2)c1. The van der Waals surface area contributed by atoms with Crippen molar-refractivity contribution in [3.8, 4) is 28.3 Å². The standard InChI is InChI=1S/C30H28N4O2/c1-2-36-25-12-8-11-24(19-25)30-29(22-9-4-3-5-10-22)33-27-20-23(14-15-26(27)32-30)28(35)13-6-7-17-34-18-16-31-21-34/h3-5,8-12,14-16,18-21H,2,6-7,13,17H2,1H3. The first-order chi connectivity index (χ1) is 17.7. The minimum absolute atomic E-state index is 0.124. The van der Waals surface area contributed by atoms with Crippen LogP contribution < -0.4 is 4.74 Å². The summed E-state index contributed by atoms with van der Waals surface area (Å²) in [5.74, 6) is 0.920. The van der Waals surface area contributed by atoms with Gasteiger partial charge in [0.25, 0.3) is 0 Å². The third kappa shape index (κ3) is 5.33. The lowest BCUT2D eigenvalue weighted by Crippen LogP contribution is -2.02. The molecule has 0 N–H and O–H groups in total. The molecule has 0 bridgehead atoms. The number of hydrogen-bond acceptors (Lipinski definition) is 5. The van der Waals surface area contributed by atoms with Crippen molar-refractivity contribution in [2.75, 3.05) is 6.61 Å². The maximum Gasteiger partial charge on any atom is 0.162 e. The number of carbonyl (C=O) groups excluding carboxylic acids is 1. The van der Waals surface area contributed by atoms with Gasteiger partial charge in [-0.2, -0.15) is 0 Å². The van der Waals surface area contributed by atoms with E-state index in [9.17, 15) is 4.79 Å². The fourth-order valence-corrected chi connectivity index (χ4v) is 4.27. The highest BCUT2D eigenvalue weighted by atomic mass is 16.5. The van der Waals surface area contributed by atoms with E-state index in [1.165, 1.54) is 0 Å². The number of Topliss-reactive ketones (excluding diaryl/α,β-unsaturated/α-hetero) is 1. The molecule has 0 amide bonds. The van der Waals surface area contributed by atoms with Crippen molar-refractivity contribution in [2.24, 2.45) is 0 Å². The summed E-state index contributed by atoms with van der Waals surface area (Å²) in [5.41, 5.74) is 5.61. The second-order valence-corrected chi connectivity index (χ2v) is 8.63. The molecule has 0 saturated carbocycles. The summed E-state index contributed by atoms with van der Waals surface area (Å²) in [7, 11) is 0. The number of aromatic nitrogens is 4. The monoisotopic (exact) mass is 476 g/mol. The van der Waals surface area contributed by atoms with Gasteiger partial charge in [-0.25, -0.2) is 15.0 Å². The highest BCUT2D eigenvalue weighted by molar-refractivity contribution is 5.99. The molecule has 6 nitrogen and oxygen atoms in total. The van der Waals surface area contributed by atoms with Crippen LogP contribution in [0.15, 0.2) is 91.5 Å². The molecule has 2 heterocycles. The van der Waals surface area contributed by atoms with Gasteiger partial charge in [0.1, 0.15) is 5.75 Å². The van der Waals surface area contributed by atoms with Gasteiger partial charge in [0.15, 0.2) is 5.78 Å². The normalized spacial score (nSPS) is 11.0. The van der Waals surface area contributed by atoms with Crippen LogP contribution in [0, 0.1) is 0 Å². The van der Waals surface area contributed by atoms with Crippen molar-refractivity contribution < 1.29 is 9.53 Å². The van der Waals surface area contributed by atoms with Crippen LogP contribution in [0.5, 0.6) is 5.75 Å². The van der Waals surface area contributed by atoms with Crippen LogP contribution >= 0.6 is 0 Å². The summed E-state index contributed by atoms with van der Waals surface area (Å²) in [6.45, 7) is 3.43. The molecule has 0 fully saturated rings. The molecular weight excluding hydrogens is 448 g/mol. The average molecular weight is 477 g/mol. The van der Waals surface area contributed by atoms with Gasteiger partial charge in [0.2, 0.25) is 0 Å². The van der Waals surface area contributed by atoms with Crippen LogP contribution in [-0.4, -0.2) is 31.9 Å². The Morgan fingerprint density at radius 3 is 2.47 bits per heavy atom. The minimum atomic E-state index is 0.124. The van der Waals surface area contributed by atoms with Crippen molar-refractivity contribution in [3.63, 3.8) is 0 Å². The fraction of sp³-hybridized carbons (Fsp3) is 0.200. The zero-order valence-corrected chi connectivity index (χ0v) is 20.3. The van der Waals surface area contributed by atoms with Gasteiger partial charge in [-0.3, -0.25) is 4.79 Å². The second kappa shape index (κ2) is 11.0. The number of rotatable bonds is 10. The largest absolute Gasteiger partial charge is 0.494 e. The summed E-state index contributed by atoms with van der Waals surface area (Å²) < 4.78 is 7.74. The molecule has 2 aromatic heterocycles. The lowest BCUT2D eigenvalue weighted by atomic mass is 10.0. The van der Waals surface area contributed by atoms with Crippen LogP contribution in [0.3, 0.4) is 0 Å². The number of benzene rings is 3. The van der Waals surface area contributed by atoms with Crippen LogP contribution in [-0.2, 0) is 6.54 Å². The fourth-order valence-electron chi connectivity index (χ4n) is 4.27. The van der Waals surface area contributed by atoms with Crippen LogP contribution in [0.25, 0.3) is 33.5 Å². The molecule has 0 unspecified atom stereocenters. The van der Waals surface area contributed by atoms with Gasteiger partial charge >= 0.3 is 0 Å². The number of ether oxygens (including phenoxy) is 1. The molecule has 3 aromatic carbocycles. The quantitative estimate of drug-likeness (QED) is 0.167. The summed E-state index contributed by atoms with van der Waals surface area (Å²) in [6, 6.07) is 23.6.